The van der Waals surface area contributed by atoms with E-state index in [1.807, 2.05) is 20.8 Å². The molecule has 1 saturated heterocycles. The van der Waals surface area contributed by atoms with E-state index in [2.05, 4.69) is 20.9 Å². The summed E-state index contributed by atoms with van der Waals surface area (Å²) in [7, 11) is 0. The van der Waals surface area contributed by atoms with Crippen molar-refractivity contribution in [2.45, 2.75) is 77.3 Å². The number of nitrogens with two attached hydrogens (primary N) is 1. The highest BCUT2D eigenvalue weighted by atomic mass is 16.4. The Morgan fingerprint density at radius 3 is 2.59 bits per heavy atom. The molecular weight excluding hydrogens is 342 g/mol. The lowest BCUT2D eigenvalue weighted by Gasteiger charge is -2.38. The molecule has 1 aromatic rings. The normalized spacial score (nSPS) is 21.4. The summed E-state index contributed by atoms with van der Waals surface area (Å²) in [5, 5.41) is 9.66. The van der Waals surface area contributed by atoms with Gasteiger partial charge in [0.15, 0.2) is 0 Å². The lowest BCUT2D eigenvalue weighted by molar-refractivity contribution is 0.0763. The zero-order chi connectivity index (χ0) is 19.6. The van der Waals surface area contributed by atoms with Crippen LogP contribution in [-0.2, 0) is 6.42 Å². The molecule has 1 unspecified atom stereocenters. The summed E-state index contributed by atoms with van der Waals surface area (Å²) in [6.45, 7) is 7.24. The van der Waals surface area contributed by atoms with Gasteiger partial charge in [0.2, 0.25) is 5.95 Å². The number of aromatic nitrogens is 2. The Bertz CT molecular complexity index is 667. The summed E-state index contributed by atoms with van der Waals surface area (Å²) in [4.78, 5) is 24.4. The van der Waals surface area contributed by atoms with Crippen LogP contribution < -0.4 is 10.6 Å². The van der Waals surface area contributed by atoms with Gasteiger partial charge in [-0.15, -0.1) is 0 Å². The zero-order valence-corrected chi connectivity index (χ0v) is 16.8. The number of hydrogen-bond donors (Lipinski definition) is 2. The maximum Gasteiger partial charge on any atom is 0.408 e. The van der Waals surface area contributed by atoms with Crippen molar-refractivity contribution in [2.75, 3.05) is 23.7 Å². The van der Waals surface area contributed by atoms with Gasteiger partial charge >= 0.3 is 6.09 Å². The van der Waals surface area contributed by atoms with Crippen LogP contribution in [0.5, 0.6) is 0 Å². The highest BCUT2D eigenvalue weighted by Gasteiger charge is 2.37. The van der Waals surface area contributed by atoms with Crippen LogP contribution in [0.1, 0.15) is 65.0 Å². The molecule has 7 nitrogen and oxygen atoms in total. The third kappa shape index (κ3) is 4.82. The van der Waals surface area contributed by atoms with Crippen molar-refractivity contribution in [3.05, 3.63) is 11.8 Å². The van der Waals surface area contributed by atoms with Gasteiger partial charge in [-0.2, -0.15) is 4.98 Å². The first kappa shape index (κ1) is 19.7. The minimum atomic E-state index is -0.866. The van der Waals surface area contributed by atoms with Crippen LogP contribution in [0.15, 0.2) is 6.07 Å². The first-order valence-electron chi connectivity index (χ1n) is 10.1. The molecule has 0 radical (unpaired) electrons. The average molecular weight is 376 g/mol. The molecule has 1 aromatic heterocycles. The topological polar surface area (TPSA) is 95.6 Å². The fourth-order valence-corrected chi connectivity index (χ4v) is 4.61. The van der Waals surface area contributed by atoms with Crippen molar-refractivity contribution in [3.63, 3.8) is 0 Å². The van der Waals surface area contributed by atoms with E-state index in [0.29, 0.717) is 18.4 Å². The molecular formula is C20H33N5O2. The highest BCUT2D eigenvalue weighted by molar-refractivity contribution is 5.67. The smallest absolute Gasteiger partial charge is 0.408 e. The Kier molecular flexibility index (Phi) is 5.77. The SMILES string of the molecule is CC(C)(C)N(C(=O)O)C1CCN(c2cc(CC3CCCCC3)nc(N)n2)C1. The van der Waals surface area contributed by atoms with Crippen molar-refractivity contribution >= 4 is 17.9 Å². The molecule has 1 atom stereocenters. The molecule has 27 heavy (non-hydrogen) atoms. The van der Waals surface area contributed by atoms with Gasteiger partial charge in [0.1, 0.15) is 5.82 Å². The van der Waals surface area contributed by atoms with Crippen molar-refractivity contribution < 1.29 is 9.90 Å². The summed E-state index contributed by atoms with van der Waals surface area (Å²) < 4.78 is 0. The van der Waals surface area contributed by atoms with Crippen molar-refractivity contribution in [3.8, 4) is 0 Å². The number of carbonyl (C=O) groups is 1. The van der Waals surface area contributed by atoms with Crippen molar-refractivity contribution in [1.82, 2.24) is 14.9 Å². The molecule has 3 rings (SSSR count). The predicted molar refractivity (Wildman–Crippen MR) is 107 cm³/mol. The van der Waals surface area contributed by atoms with Gasteiger partial charge in [0, 0.05) is 30.4 Å². The second-order valence-corrected chi connectivity index (χ2v) is 9.00. The molecule has 0 bridgehead atoms. The Morgan fingerprint density at radius 2 is 1.96 bits per heavy atom. The number of nitrogen functional groups attached to an aromatic ring is 1. The quantitative estimate of drug-likeness (QED) is 0.836. The van der Waals surface area contributed by atoms with Crippen LogP contribution in [0.2, 0.25) is 0 Å². The number of amides is 1. The Labute approximate surface area is 162 Å². The third-order valence-corrected chi connectivity index (χ3v) is 5.79. The third-order valence-electron chi connectivity index (χ3n) is 5.79. The number of nitrogens with zero attached hydrogens (tertiary/aromatic N) is 4. The average Bonchev–Trinajstić information content (AvgIpc) is 3.03. The number of carboxylic acid groups (broad SMARTS) is 1. The largest absolute Gasteiger partial charge is 0.465 e. The van der Waals surface area contributed by atoms with Crippen LogP contribution in [0.3, 0.4) is 0 Å². The van der Waals surface area contributed by atoms with Crippen molar-refractivity contribution in [1.29, 1.82) is 0 Å². The van der Waals surface area contributed by atoms with Gasteiger partial charge in [-0.1, -0.05) is 32.1 Å². The van der Waals surface area contributed by atoms with E-state index < -0.39 is 11.6 Å². The fourth-order valence-electron chi connectivity index (χ4n) is 4.61. The minimum absolute atomic E-state index is 0.0412. The van der Waals surface area contributed by atoms with E-state index in [1.165, 1.54) is 32.1 Å². The number of anilines is 2. The van der Waals surface area contributed by atoms with Crippen LogP contribution in [0.25, 0.3) is 0 Å². The van der Waals surface area contributed by atoms with E-state index in [-0.39, 0.29) is 6.04 Å². The summed E-state index contributed by atoms with van der Waals surface area (Å²) in [6, 6.07) is 2.01. The molecule has 150 valence electrons. The molecule has 0 aromatic carbocycles. The van der Waals surface area contributed by atoms with E-state index in [4.69, 9.17) is 5.73 Å². The number of hydrogen-bond acceptors (Lipinski definition) is 5. The molecule has 7 heteroatoms. The highest BCUT2D eigenvalue weighted by Crippen LogP contribution is 2.30. The Balaban J connectivity index is 1.72. The monoisotopic (exact) mass is 375 g/mol. The van der Waals surface area contributed by atoms with Gasteiger partial charge in [-0.3, -0.25) is 4.90 Å². The second-order valence-electron chi connectivity index (χ2n) is 9.00. The van der Waals surface area contributed by atoms with E-state index >= 15 is 0 Å². The standard InChI is InChI=1S/C20H33N5O2/c1-20(2,3)25(19(26)27)16-9-10-24(13-16)17-12-15(22-18(21)23-17)11-14-7-5-4-6-8-14/h12,14,16H,4-11,13H2,1-3H3,(H,26,27)(H2,21,22,23). The molecule has 1 saturated carbocycles. The molecule has 1 aliphatic heterocycles. The minimum Gasteiger partial charge on any atom is -0.465 e. The molecule has 2 fully saturated rings. The van der Waals surface area contributed by atoms with Gasteiger partial charge in [0.25, 0.3) is 0 Å². The van der Waals surface area contributed by atoms with Crippen molar-refractivity contribution in [2.24, 2.45) is 5.92 Å². The zero-order valence-electron chi connectivity index (χ0n) is 16.8. The lowest BCUT2D eigenvalue weighted by Crippen LogP contribution is -2.52. The van der Waals surface area contributed by atoms with E-state index in [1.54, 1.807) is 4.90 Å². The fraction of sp³-hybridized carbons (Fsp3) is 0.750. The summed E-state index contributed by atoms with van der Waals surface area (Å²) in [5.41, 5.74) is 6.58. The van der Waals surface area contributed by atoms with Gasteiger partial charge in [-0.25, -0.2) is 9.78 Å². The maximum atomic E-state index is 11.8. The Hall–Kier alpha value is -2.05. The molecule has 2 heterocycles. The molecule has 2 aliphatic rings. The van der Waals surface area contributed by atoms with E-state index in [9.17, 15) is 9.90 Å². The summed E-state index contributed by atoms with van der Waals surface area (Å²) in [5.74, 6) is 1.83. The number of rotatable bonds is 4. The van der Waals surface area contributed by atoms with Crippen LogP contribution >= 0.6 is 0 Å². The molecule has 0 spiro atoms. The van der Waals surface area contributed by atoms with Crippen LogP contribution in [0.4, 0.5) is 16.6 Å². The molecule has 1 aliphatic carbocycles. The predicted octanol–water partition coefficient (Wildman–Crippen LogP) is 3.54. The van der Waals surface area contributed by atoms with E-state index in [0.717, 1.165) is 30.9 Å². The molecule has 3 N–H and O–H groups in total. The molecule has 1 amide bonds. The summed E-state index contributed by atoms with van der Waals surface area (Å²) >= 11 is 0. The second kappa shape index (κ2) is 7.90. The lowest BCUT2D eigenvalue weighted by atomic mass is 9.86. The van der Waals surface area contributed by atoms with Gasteiger partial charge < -0.3 is 15.7 Å². The Morgan fingerprint density at radius 1 is 1.26 bits per heavy atom. The summed E-state index contributed by atoms with van der Waals surface area (Å²) in [6.07, 6.45) is 7.39. The van der Waals surface area contributed by atoms with Crippen LogP contribution in [-0.4, -0.2) is 50.7 Å². The first-order chi connectivity index (χ1) is 12.7. The first-order valence-corrected chi connectivity index (χ1v) is 10.1. The van der Waals surface area contributed by atoms with Crippen LogP contribution in [0, 0.1) is 5.92 Å². The van der Waals surface area contributed by atoms with Gasteiger partial charge in [-0.05, 0) is 39.5 Å². The maximum absolute atomic E-state index is 11.8. The van der Waals surface area contributed by atoms with Gasteiger partial charge in [0.05, 0.1) is 6.04 Å².